The standard InChI is InChI=1S/C42H66O7Si/c1-7-8-9-10-11-12-13-14-15-16-17-18-25-30-40(44)47-34-37(33-46-36(3)43)49-41(45)35(2)31-32-48-50(42(4,5)6,38-26-21-19-22-27-38)39-28-23-20-24-29-39/h19-24,26-29,35,37H,7-18,25,30-34H2,1-6H3. The van der Waals surface area contributed by atoms with Crippen molar-refractivity contribution >= 4 is 36.6 Å². The Bertz CT molecular complexity index is 1170. The predicted molar refractivity (Wildman–Crippen MR) is 205 cm³/mol. The molecule has 0 aliphatic rings. The number of benzene rings is 2. The lowest BCUT2D eigenvalue weighted by Gasteiger charge is -2.43. The SMILES string of the molecule is CCCCCCCCCCCCCCCC(=O)OCC(COC(C)=O)OC(=O)C(C)CCO[Si](c1ccccc1)(c1ccccc1)C(C)(C)C. The van der Waals surface area contributed by atoms with E-state index < -0.39 is 32.3 Å². The minimum Gasteiger partial charge on any atom is -0.462 e. The van der Waals surface area contributed by atoms with E-state index in [-0.39, 0.29) is 24.2 Å². The summed E-state index contributed by atoms with van der Waals surface area (Å²) in [4.78, 5) is 37.2. The molecule has 8 heteroatoms. The Morgan fingerprint density at radius 2 is 1.14 bits per heavy atom. The summed E-state index contributed by atoms with van der Waals surface area (Å²) in [5, 5.41) is 2.18. The van der Waals surface area contributed by atoms with E-state index in [4.69, 9.17) is 18.6 Å². The van der Waals surface area contributed by atoms with E-state index in [1.54, 1.807) is 6.92 Å². The molecule has 0 aliphatic carbocycles. The van der Waals surface area contributed by atoms with Crippen molar-refractivity contribution in [3.05, 3.63) is 60.7 Å². The van der Waals surface area contributed by atoms with Gasteiger partial charge in [0.05, 0.1) is 5.92 Å². The van der Waals surface area contributed by atoms with Crippen molar-refractivity contribution < 1.29 is 33.0 Å². The number of hydrogen-bond donors (Lipinski definition) is 0. The number of ether oxygens (including phenoxy) is 3. The van der Waals surface area contributed by atoms with Gasteiger partial charge in [0.1, 0.15) is 13.2 Å². The fraction of sp³-hybridized carbons (Fsp3) is 0.643. The molecular formula is C42H66O7Si. The van der Waals surface area contributed by atoms with E-state index in [2.05, 4.69) is 52.0 Å². The largest absolute Gasteiger partial charge is 0.462 e. The van der Waals surface area contributed by atoms with Gasteiger partial charge in [-0.25, -0.2) is 0 Å². The fourth-order valence-corrected chi connectivity index (χ4v) is 11.0. The molecule has 0 fully saturated rings. The number of rotatable bonds is 26. The quantitative estimate of drug-likeness (QED) is 0.0417. The average Bonchev–Trinajstić information content (AvgIpc) is 3.09. The highest BCUT2D eigenvalue weighted by molar-refractivity contribution is 6.99. The summed E-state index contributed by atoms with van der Waals surface area (Å²) >= 11 is 0. The lowest BCUT2D eigenvalue weighted by Crippen LogP contribution is -2.66. The zero-order valence-electron chi connectivity index (χ0n) is 32.0. The molecule has 0 amide bonds. The molecule has 0 heterocycles. The Labute approximate surface area is 304 Å². The lowest BCUT2D eigenvalue weighted by molar-refractivity contribution is -0.169. The molecule has 0 N–H and O–H groups in total. The van der Waals surface area contributed by atoms with Gasteiger partial charge in [0.15, 0.2) is 6.10 Å². The number of carbonyl (C=O) groups excluding carboxylic acids is 3. The third-order valence-electron chi connectivity index (χ3n) is 9.36. The fourth-order valence-electron chi connectivity index (χ4n) is 6.42. The summed E-state index contributed by atoms with van der Waals surface area (Å²) in [5.74, 6) is -1.74. The van der Waals surface area contributed by atoms with Crippen molar-refractivity contribution in [3.8, 4) is 0 Å². The molecule has 0 radical (unpaired) electrons. The van der Waals surface area contributed by atoms with E-state index in [9.17, 15) is 14.4 Å². The van der Waals surface area contributed by atoms with Gasteiger partial charge in [-0.05, 0) is 28.3 Å². The first-order valence-corrected chi connectivity index (χ1v) is 21.2. The maximum atomic E-state index is 13.2. The predicted octanol–water partition coefficient (Wildman–Crippen LogP) is 9.09. The molecule has 2 unspecified atom stereocenters. The highest BCUT2D eigenvalue weighted by Crippen LogP contribution is 2.37. The van der Waals surface area contributed by atoms with Gasteiger partial charge in [-0.1, -0.05) is 172 Å². The van der Waals surface area contributed by atoms with Crippen molar-refractivity contribution in [2.75, 3.05) is 19.8 Å². The van der Waals surface area contributed by atoms with Gasteiger partial charge < -0.3 is 18.6 Å². The highest BCUT2D eigenvalue weighted by atomic mass is 28.4. The van der Waals surface area contributed by atoms with Gasteiger partial charge in [0, 0.05) is 20.0 Å². The topological polar surface area (TPSA) is 88.1 Å². The van der Waals surface area contributed by atoms with Crippen molar-refractivity contribution in [1.82, 2.24) is 0 Å². The van der Waals surface area contributed by atoms with Gasteiger partial charge >= 0.3 is 17.9 Å². The second-order valence-electron chi connectivity index (χ2n) is 14.7. The summed E-state index contributed by atoms with van der Waals surface area (Å²) in [6, 6.07) is 20.8. The van der Waals surface area contributed by atoms with Crippen LogP contribution in [0.5, 0.6) is 0 Å². The van der Waals surface area contributed by atoms with E-state index in [1.807, 2.05) is 36.4 Å². The van der Waals surface area contributed by atoms with Crippen LogP contribution < -0.4 is 10.4 Å². The third-order valence-corrected chi connectivity index (χ3v) is 14.4. The maximum absolute atomic E-state index is 13.2. The second-order valence-corrected chi connectivity index (χ2v) is 19.0. The zero-order chi connectivity index (χ0) is 36.7. The van der Waals surface area contributed by atoms with Crippen molar-refractivity contribution in [2.45, 2.75) is 149 Å². The van der Waals surface area contributed by atoms with Crippen LogP contribution in [0.4, 0.5) is 0 Å². The molecular weight excluding hydrogens is 645 g/mol. The maximum Gasteiger partial charge on any atom is 0.309 e. The molecule has 280 valence electrons. The van der Waals surface area contributed by atoms with Crippen LogP contribution in [0.2, 0.25) is 5.04 Å². The number of carbonyl (C=O) groups is 3. The summed E-state index contributed by atoms with van der Waals surface area (Å²) in [6.07, 6.45) is 16.0. The molecule has 2 rings (SSSR count). The normalized spacial score (nSPS) is 13.0. The van der Waals surface area contributed by atoms with E-state index in [0.29, 0.717) is 19.4 Å². The van der Waals surface area contributed by atoms with Crippen molar-refractivity contribution in [2.24, 2.45) is 5.92 Å². The van der Waals surface area contributed by atoms with Crippen LogP contribution in [0.25, 0.3) is 0 Å². The van der Waals surface area contributed by atoms with Crippen molar-refractivity contribution in [1.29, 1.82) is 0 Å². The number of unbranched alkanes of at least 4 members (excludes halogenated alkanes) is 12. The molecule has 0 aromatic heterocycles. The summed E-state index contributed by atoms with van der Waals surface area (Å²) in [7, 11) is -2.73. The first-order chi connectivity index (χ1) is 24.0. The molecule has 0 aliphatic heterocycles. The van der Waals surface area contributed by atoms with E-state index in [1.165, 1.54) is 81.5 Å². The second kappa shape index (κ2) is 24.3. The lowest BCUT2D eigenvalue weighted by atomic mass is 10.0. The number of hydrogen-bond acceptors (Lipinski definition) is 7. The van der Waals surface area contributed by atoms with Gasteiger partial charge in [-0.15, -0.1) is 0 Å². The van der Waals surface area contributed by atoms with Crippen LogP contribution in [0.1, 0.15) is 138 Å². The molecule has 50 heavy (non-hydrogen) atoms. The monoisotopic (exact) mass is 710 g/mol. The molecule has 0 spiro atoms. The average molecular weight is 711 g/mol. The van der Waals surface area contributed by atoms with Crippen LogP contribution in [-0.4, -0.2) is 52.1 Å². The Hall–Kier alpha value is -2.97. The number of esters is 3. The summed E-state index contributed by atoms with van der Waals surface area (Å²) < 4.78 is 23.3. The van der Waals surface area contributed by atoms with Gasteiger partial charge in [-0.2, -0.15) is 0 Å². The molecule has 0 bridgehead atoms. The minimum absolute atomic E-state index is 0.151. The van der Waals surface area contributed by atoms with Crippen LogP contribution in [-0.2, 0) is 33.0 Å². The molecule has 0 saturated heterocycles. The first kappa shape index (κ1) is 43.2. The third kappa shape index (κ3) is 15.9. The van der Waals surface area contributed by atoms with Crippen LogP contribution >= 0.6 is 0 Å². The summed E-state index contributed by atoms with van der Waals surface area (Å²) in [5.41, 5.74) is 0. The van der Waals surface area contributed by atoms with Crippen LogP contribution in [0.15, 0.2) is 60.7 Å². The molecule has 7 nitrogen and oxygen atoms in total. The van der Waals surface area contributed by atoms with Crippen LogP contribution in [0, 0.1) is 5.92 Å². The Balaban J connectivity index is 1.81. The zero-order valence-corrected chi connectivity index (χ0v) is 33.0. The smallest absolute Gasteiger partial charge is 0.309 e. The Morgan fingerprint density at radius 3 is 1.60 bits per heavy atom. The van der Waals surface area contributed by atoms with Gasteiger partial charge in [0.2, 0.25) is 0 Å². The summed E-state index contributed by atoms with van der Waals surface area (Å²) in [6.45, 7) is 12.1. The van der Waals surface area contributed by atoms with Crippen molar-refractivity contribution in [3.63, 3.8) is 0 Å². The highest BCUT2D eigenvalue weighted by Gasteiger charge is 2.50. The van der Waals surface area contributed by atoms with E-state index in [0.717, 1.165) is 19.3 Å². The first-order valence-electron chi connectivity index (χ1n) is 19.3. The van der Waals surface area contributed by atoms with Crippen LogP contribution in [0.3, 0.4) is 0 Å². The molecule has 2 atom stereocenters. The van der Waals surface area contributed by atoms with Gasteiger partial charge in [0.25, 0.3) is 8.32 Å². The van der Waals surface area contributed by atoms with E-state index >= 15 is 0 Å². The molecule has 2 aromatic rings. The van der Waals surface area contributed by atoms with Gasteiger partial charge in [-0.3, -0.25) is 14.4 Å². The Morgan fingerprint density at radius 1 is 0.680 bits per heavy atom. The minimum atomic E-state index is -2.73. The molecule has 0 saturated carbocycles. The Kier molecular flexibility index (Phi) is 21.0. The molecule has 2 aromatic carbocycles.